The third-order valence-corrected chi connectivity index (χ3v) is 3.54. The number of hydrogen-bond donors (Lipinski definition) is 0. The van der Waals surface area contributed by atoms with Crippen LogP contribution < -0.4 is 4.90 Å². The van der Waals surface area contributed by atoms with Crippen LogP contribution >= 0.6 is 11.6 Å². The first-order valence-electron chi connectivity index (χ1n) is 7.20. The standard InChI is InChI=1S/C15H22ClF3N2/c1-5-12(6-2)21(9-10(3)4)14-8-11(15(17,18)19)7-13(16)20-14/h7-8,10,12H,5-6,9H2,1-4H3. The molecule has 0 aliphatic heterocycles. The molecule has 1 rings (SSSR count). The number of aromatic nitrogens is 1. The molecule has 0 saturated heterocycles. The van der Waals surface area contributed by atoms with Crippen molar-refractivity contribution in [1.82, 2.24) is 4.98 Å². The SMILES string of the molecule is CCC(CC)N(CC(C)C)c1cc(C(F)(F)F)cc(Cl)n1. The predicted molar refractivity (Wildman–Crippen MR) is 80.8 cm³/mol. The molecule has 21 heavy (non-hydrogen) atoms. The van der Waals surface area contributed by atoms with Crippen LogP contribution in [0.2, 0.25) is 5.15 Å². The summed E-state index contributed by atoms with van der Waals surface area (Å²) < 4.78 is 38.8. The first-order valence-corrected chi connectivity index (χ1v) is 7.58. The Bertz CT molecular complexity index is 457. The van der Waals surface area contributed by atoms with Gasteiger partial charge in [-0.3, -0.25) is 0 Å². The lowest BCUT2D eigenvalue weighted by atomic mass is 10.1. The molecule has 6 heteroatoms. The Kier molecular flexibility index (Phi) is 6.32. The van der Waals surface area contributed by atoms with Gasteiger partial charge in [0, 0.05) is 12.6 Å². The minimum absolute atomic E-state index is 0.125. The van der Waals surface area contributed by atoms with E-state index in [-0.39, 0.29) is 11.2 Å². The fourth-order valence-electron chi connectivity index (χ4n) is 2.35. The van der Waals surface area contributed by atoms with Gasteiger partial charge in [-0.2, -0.15) is 13.2 Å². The zero-order valence-electron chi connectivity index (χ0n) is 12.8. The highest BCUT2D eigenvalue weighted by atomic mass is 35.5. The van der Waals surface area contributed by atoms with Crippen molar-refractivity contribution in [3.05, 3.63) is 22.8 Å². The van der Waals surface area contributed by atoms with Gasteiger partial charge in [-0.05, 0) is 30.9 Å². The van der Waals surface area contributed by atoms with E-state index in [1.54, 1.807) is 0 Å². The first kappa shape index (κ1) is 18.1. The van der Waals surface area contributed by atoms with Gasteiger partial charge in [0.2, 0.25) is 0 Å². The molecule has 0 unspecified atom stereocenters. The van der Waals surface area contributed by atoms with Gasteiger partial charge in [-0.15, -0.1) is 0 Å². The molecule has 1 aromatic heterocycles. The molecule has 0 aliphatic carbocycles. The summed E-state index contributed by atoms with van der Waals surface area (Å²) in [5.41, 5.74) is -0.753. The maximum absolute atomic E-state index is 12.9. The summed E-state index contributed by atoms with van der Waals surface area (Å²) in [6.07, 6.45) is -2.73. The van der Waals surface area contributed by atoms with Crippen molar-refractivity contribution in [3.8, 4) is 0 Å². The van der Waals surface area contributed by atoms with E-state index in [2.05, 4.69) is 4.98 Å². The second-order valence-electron chi connectivity index (χ2n) is 5.55. The molecule has 0 radical (unpaired) electrons. The quantitative estimate of drug-likeness (QED) is 0.651. The maximum atomic E-state index is 12.9. The normalized spacial score (nSPS) is 12.3. The summed E-state index contributed by atoms with van der Waals surface area (Å²) in [7, 11) is 0. The number of rotatable bonds is 6. The second kappa shape index (κ2) is 7.34. The highest BCUT2D eigenvalue weighted by molar-refractivity contribution is 6.29. The Morgan fingerprint density at radius 3 is 2.19 bits per heavy atom. The summed E-state index contributed by atoms with van der Waals surface area (Å²) in [6.45, 7) is 8.76. The molecule has 2 nitrogen and oxygen atoms in total. The van der Waals surface area contributed by atoms with Crippen LogP contribution in [0.4, 0.5) is 19.0 Å². The van der Waals surface area contributed by atoms with Gasteiger partial charge in [-0.1, -0.05) is 39.3 Å². The van der Waals surface area contributed by atoms with Crippen molar-refractivity contribution in [2.24, 2.45) is 5.92 Å². The molecular weight excluding hydrogens is 301 g/mol. The van der Waals surface area contributed by atoms with Crippen LogP contribution in [-0.2, 0) is 6.18 Å². The molecule has 1 heterocycles. The van der Waals surface area contributed by atoms with Crippen LogP contribution in [-0.4, -0.2) is 17.6 Å². The van der Waals surface area contributed by atoms with Gasteiger partial charge in [0.05, 0.1) is 5.56 Å². The van der Waals surface area contributed by atoms with Crippen molar-refractivity contribution in [2.45, 2.75) is 52.8 Å². The molecule has 0 atom stereocenters. The van der Waals surface area contributed by atoms with E-state index in [0.717, 1.165) is 25.0 Å². The monoisotopic (exact) mass is 322 g/mol. The zero-order chi connectivity index (χ0) is 16.2. The summed E-state index contributed by atoms with van der Waals surface area (Å²) in [6, 6.07) is 2.11. The van der Waals surface area contributed by atoms with Crippen molar-refractivity contribution < 1.29 is 13.2 Å². The van der Waals surface area contributed by atoms with Crippen LogP contribution in [0.5, 0.6) is 0 Å². The molecule has 0 aromatic carbocycles. The van der Waals surface area contributed by atoms with Gasteiger partial charge < -0.3 is 4.90 Å². The topological polar surface area (TPSA) is 16.1 Å². The molecule has 0 N–H and O–H groups in total. The van der Waals surface area contributed by atoms with Gasteiger partial charge in [-0.25, -0.2) is 4.98 Å². The largest absolute Gasteiger partial charge is 0.416 e. The van der Waals surface area contributed by atoms with Crippen molar-refractivity contribution in [1.29, 1.82) is 0 Å². The number of hydrogen-bond acceptors (Lipinski definition) is 2. The molecule has 0 amide bonds. The highest BCUT2D eigenvalue weighted by Crippen LogP contribution is 2.33. The third-order valence-electron chi connectivity index (χ3n) is 3.35. The third kappa shape index (κ3) is 5.06. The van der Waals surface area contributed by atoms with Crippen LogP contribution in [0.25, 0.3) is 0 Å². The predicted octanol–water partition coefficient (Wildman–Crippen LogP) is 5.40. The average Bonchev–Trinajstić information content (AvgIpc) is 2.36. The molecule has 0 fully saturated rings. The van der Waals surface area contributed by atoms with Crippen molar-refractivity contribution in [3.63, 3.8) is 0 Å². The number of halogens is 4. The fraction of sp³-hybridized carbons (Fsp3) is 0.667. The molecular formula is C15H22ClF3N2. The van der Waals surface area contributed by atoms with Gasteiger partial charge in [0.25, 0.3) is 0 Å². The Labute approximate surface area is 129 Å². The van der Waals surface area contributed by atoms with E-state index in [0.29, 0.717) is 18.3 Å². The Morgan fingerprint density at radius 1 is 1.19 bits per heavy atom. The summed E-state index contributed by atoms with van der Waals surface area (Å²) in [4.78, 5) is 6.05. The van der Waals surface area contributed by atoms with Crippen molar-refractivity contribution in [2.75, 3.05) is 11.4 Å². The smallest absolute Gasteiger partial charge is 0.353 e. The molecule has 1 aromatic rings. The Balaban J connectivity index is 3.26. The zero-order valence-corrected chi connectivity index (χ0v) is 13.6. The fourth-order valence-corrected chi connectivity index (χ4v) is 2.55. The van der Waals surface area contributed by atoms with Crippen LogP contribution in [0, 0.1) is 5.92 Å². The summed E-state index contributed by atoms with van der Waals surface area (Å²) >= 11 is 5.79. The van der Waals surface area contributed by atoms with E-state index < -0.39 is 11.7 Å². The minimum atomic E-state index is -4.42. The summed E-state index contributed by atoms with van der Waals surface area (Å²) in [5, 5.41) is -0.125. The highest BCUT2D eigenvalue weighted by Gasteiger charge is 2.32. The molecule has 0 spiro atoms. The molecule has 0 aliphatic rings. The number of pyridine rings is 1. The molecule has 0 saturated carbocycles. The van der Waals surface area contributed by atoms with Gasteiger partial charge in [0.15, 0.2) is 0 Å². The number of nitrogens with zero attached hydrogens (tertiary/aromatic N) is 2. The summed E-state index contributed by atoms with van der Waals surface area (Å²) in [5.74, 6) is 0.623. The lowest BCUT2D eigenvalue weighted by Gasteiger charge is -2.33. The van der Waals surface area contributed by atoms with Crippen LogP contribution in [0.3, 0.4) is 0 Å². The Hall–Kier alpha value is -0.970. The maximum Gasteiger partial charge on any atom is 0.416 e. The van der Waals surface area contributed by atoms with Crippen molar-refractivity contribution >= 4 is 17.4 Å². The van der Waals surface area contributed by atoms with E-state index in [1.165, 1.54) is 0 Å². The first-order chi connectivity index (χ1) is 9.68. The molecule has 0 bridgehead atoms. The minimum Gasteiger partial charge on any atom is -0.353 e. The van der Waals surface area contributed by atoms with Crippen LogP contribution in [0.1, 0.15) is 46.1 Å². The van der Waals surface area contributed by atoms with Crippen LogP contribution in [0.15, 0.2) is 12.1 Å². The lowest BCUT2D eigenvalue weighted by Crippen LogP contribution is -2.38. The van der Waals surface area contributed by atoms with Gasteiger partial charge in [0.1, 0.15) is 11.0 Å². The average molecular weight is 323 g/mol. The Morgan fingerprint density at radius 2 is 1.76 bits per heavy atom. The lowest BCUT2D eigenvalue weighted by molar-refractivity contribution is -0.137. The van der Waals surface area contributed by atoms with E-state index in [9.17, 15) is 13.2 Å². The van der Waals surface area contributed by atoms with E-state index >= 15 is 0 Å². The number of alkyl halides is 3. The van der Waals surface area contributed by atoms with E-state index in [4.69, 9.17) is 11.6 Å². The van der Waals surface area contributed by atoms with Gasteiger partial charge >= 0.3 is 6.18 Å². The second-order valence-corrected chi connectivity index (χ2v) is 5.94. The van der Waals surface area contributed by atoms with E-state index in [1.807, 2.05) is 32.6 Å². The number of anilines is 1. The molecule has 120 valence electrons.